The number of hydrogen-bond acceptors (Lipinski definition) is 4. The Bertz CT molecular complexity index is 477. The largest absolute Gasteiger partial charge is 0.333 e. The van der Waals surface area contributed by atoms with Crippen LogP contribution in [0.5, 0.6) is 0 Å². The van der Waals surface area contributed by atoms with E-state index in [-0.39, 0.29) is 5.78 Å². The van der Waals surface area contributed by atoms with Crippen LogP contribution in [0.1, 0.15) is 23.7 Å². The van der Waals surface area contributed by atoms with Crippen molar-refractivity contribution in [1.29, 1.82) is 5.26 Å². The average molecular weight is 247 g/mol. The number of rotatable bonds is 3. The van der Waals surface area contributed by atoms with Crippen LogP contribution in [0.25, 0.3) is 0 Å². The molecular formula is C12H13N3OS. The molecule has 1 N–H and O–H groups in total. The molecule has 0 saturated heterocycles. The van der Waals surface area contributed by atoms with Crippen molar-refractivity contribution in [3.63, 3.8) is 0 Å². The van der Waals surface area contributed by atoms with E-state index in [0.29, 0.717) is 22.8 Å². The number of aliphatic imine (C=N–C) groups is 1. The number of benzene rings is 1. The summed E-state index contributed by atoms with van der Waals surface area (Å²) in [7, 11) is 0. The van der Waals surface area contributed by atoms with E-state index in [4.69, 9.17) is 5.26 Å². The Kier molecular flexibility index (Phi) is 5.24. The Morgan fingerprint density at radius 3 is 2.82 bits per heavy atom. The van der Waals surface area contributed by atoms with Gasteiger partial charge in [-0.25, -0.2) is 0 Å². The third-order valence-electron chi connectivity index (χ3n) is 2.14. The van der Waals surface area contributed by atoms with Gasteiger partial charge in [-0.1, -0.05) is 30.8 Å². The van der Waals surface area contributed by atoms with Crippen molar-refractivity contribution in [2.45, 2.75) is 13.3 Å². The lowest BCUT2D eigenvalue weighted by atomic mass is 10.1. The van der Waals surface area contributed by atoms with Gasteiger partial charge in [-0.15, -0.1) is 4.99 Å². The maximum atomic E-state index is 11.7. The summed E-state index contributed by atoms with van der Waals surface area (Å²) in [5.74, 6) is 0.0607. The molecule has 0 aromatic heterocycles. The average Bonchev–Trinajstić information content (AvgIpc) is 2.38. The highest BCUT2D eigenvalue weighted by atomic mass is 32.2. The predicted molar refractivity (Wildman–Crippen MR) is 71.2 cm³/mol. The van der Waals surface area contributed by atoms with Crippen molar-refractivity contribution >= 4 is 28.4 Å². The number of anilines is 1. The minimum Gasteiger partial charge on any atom is -0.333 e. The molecule has 0 heterocycles. The zero-order chi connectivity index (χ0) is 12.7. The van der Waals surface area contributed by atoms with Gasteiger partial charge in [0.05, 0.1) is 5.69 Å². The summed E-state index contributed by atoms with van der Waals surface area (Å²) in [6.07, 6.45) is 3.98. The van der Waals surface area contributed by atoms with Crippen LogP contribution in [0, 0.1) is 11.5 Å². The van der Waals surface area contributed by atoms with Crippen molar-refractivity contribution in [2.75, 3.05) is 11.6 Å². The van der Waals surface area contributed by atoms with Crippen LogP contribution in [0.3, 0.4) is 0 Å². The standard InChI is InChI=1S/C12H13N3OS/c1-3-11(16)9-6-4-5-7-10(9)15-12(17-2)14-8-13/h4-7H,3H2,1-2H3,(H,14,15). The Morgan fingerprint density at radius 1 is 1.53 bits per heavy atom. The molecule has 0 amide bonds. The maximum Gasteiger partial charge on any atom is 0.208 e. The number of Topliss-reactive ketones (excluding diaryl/α,β-unsaturated/α-hetero) is 1. The van der Waals surface area contributed by atoms with E-state index in [1.54, 1.807) is 18.3 Å². The van der Waals surface area contributed by atoms with Gasteiger partial charge in [-0.2, -0.15) is 5.26 Å². The lowest BCUT2D eigenvalue weighted by Crippen LogP contribution is -2.11. The Morgan fingerprint density at radius 2 is 2.24 bits per heavy atom. The summed E-state index contributed by atoms with van der Waals surface area (Å²) in [5, 5.41) is 12.0. The molecular weight excluding hydrogens is 234 g/mol. The molecule has 0 spiro atoms. The van der Waals surface area contributed by atoms with Crippen LogP contribution in [0.2, 0.25) is 0 Å². The van der Waals surface area contributed by atoms with E-state index in [2.05, 4.69) is 10.3 Å². The van der Waals surface area contributed by atoms with Gasteiger partial charge >= 0.3 is 0 Å². The Labute approximate surface area is 105 Å². The molecule has 1 aromatic rings. The van der Waals surface area contributed by atoms with Gasteiger partial charge in [0.2, 0.25) is 6.19 Å². The lowest BCUT2D eigenvalue weighted by Gasteiger charge is -2.10. The highest BCUT2D eigenvalue weighted by Gasteiger charge is 2.09. The molecule has 0 atom stereocenters. The summed E-state index contributed by atoms with van der Waals surface area (Å²) in [6.45, 7) is 1.82. The van der Waals surface area contributed by atoms with Crippen LogP contribution in [0.15, 0.2) is 29.3 Å². The first-order valence-electron chi connectivity index (χ1n) is 5.13. The number of amidine groups is 1. The second-order valence-electron chi connectivity index (χ2n) is 3.17. The zero-order valence-electron chi connectivity index (χ0n) is 9.73. The van der Waals surface area contributed by atoms with Gasteiger partial charge in [-0.05, 0) is 18.4 Å². The number of nitriles is 1. The number of thioether (sulfide) groups is 1. The summed E-state index contributed by atoms with van der Waals surface area (Å²) < 4.78 is 0. The maximum absolute atomic E-state index is 11.7. The second kappa shape index (κ2) is 6.71. The molecule has 0 radical (unpaired) electrons. The quantitative estimate of drug-likeness (QED) is 0.386. The molecule has 1 aromatic carbocycles. The van der Waals surface area contributed by atoms with Crippen molar-refractivity contribution in [1.82, 2.24) is 0 Å². The van der Waals surface area contributed by atoms with E-state index in [0.717, 1.165) is 0 Å². The van der Waals surface area contributed by atoms with Crippen molar-refractivity contribution in [2.24, 2.45) is 4.99 Å². The molecule has 0 aliphatic carbocycles. The summed E-state index contributed by atoms with van der Waals surface area (Å²) in [5.41, 5.74) is 1.30. The number of carbonyl (C=O) groups is 1. The number of nitrogens with one attached hydrogen (secondary N) is 1. The first-order valence-corrected chi connectivity index (χ1v) is 6.35. The summed E-state index contributed by atoms with van der Waals surface area (Å²) in [6, 6.07) is 7.21. The fourth-order valence-electron chi connectivity index (χ4n) is 1.31. The van der Waals surface area contributed by atoms with Crippen molar-refractivity contribution < 1.29 is 4.79 Å². The molecule has 0 fully saturated rings. The molecule has 0 bridgehead atoms. The predicted octanol–water partition coefficient (Wildman–Crippen LogP) is 2.89. The van der Waals surface area contributed by atoms with Gasteiger partial charge in [0.15, 0.2) is 11.0 Å². The van der Waals surface area contributed by atoms with Crippen LogP contribution in [0.4, 0.5) is 5.69 Å². The van der Waals surface area contributed by atoms with Crippen LogP contribution in [-0.2, 0) is 0 Å². The molecule has 0 aliphatic heterocycles. The first-order chi connectivity index (χ1) is 8.22. The molecule has 4 nitrogen and oxygen atoms in total. The number of hydrogen-bond donors (Lipinski definition) is 1. The first kappa shape index (κ1) is 13.3. The van der Waals surface area contributed by atoms with Gasteiger partial charge in [-0.3, -0.25) is 4.79 Å². The topological polar surface area (TPSA) is 65.2 Å². The second-order valence-corrected chi connectivity index (χ2v) is 3.96. The van der Waals surface area contributed by atoms with Gasteiger partial charge in [0, 0.05) is 12.0 Å². The molecule has 17 heavy (non-hydrogen) atoms. The zero-order valence-corrected chi connectivity index (χ0v) is 10.5. The Hall–Kier alpha value is -1.80. The number of carbonyl (C=O) groups excluding carboxylic acids is 1. The van der Waals surface area contributed by atoms with Crippen molar-refractivity contribution in [3.8, 4) is 6.19 Å². The highest BCUT2D eigenvalue weighted by Crippen LogP contribution is 2.18. The van der Waals surface area contributed by atoms with Gasteiger partial charge in [0.25, 0.3) is 0 Å². The normalized spacial score (nSPS) is 10.8. The smallest absolute Gasteiger partial charge is 0.208 e. The van der Waals surface area contributed by atoms with Crippen LogP contribution < -0.4 is 5.32 Å². The van der Waals surface area contributed by atoms with Gasteiger partial charge in [0.1, 0.15) is 0 Å². The number of nitrogens with zero attached hydrogens (tertiary/aromatic N) is 2. The van der Waals surface area contributed by atoms with Gasteiger partial charge < -0.3 is 5.32 Å². The monoisotopic (exact) mass is 247 g/mol. The van der Waals surface area contributed by atoms with Crippen LogP contribution >= 0.6 is 11.8 Å². The molecule has 88 valence electrons. The fourth-order valence-corrected chi connectivity index (χ4v) is 1.66. The lowest BCUT2D eigenvalue weighted by molar-refractivity contribution is 0.0989. The minimum absolute atomic E-state index is 0.0607. The van der Waals surface area contributed by atoms with E-state index in [1.165, 1.54) is 11.8 Å². The molecule has 0 aliphatic rings. The van der Waals surface area contributed by atoms with E-state index >= 15 is 0 Å². The van der Waals surface area contributed by atoms with Crippen molar-refractivity contribution in [3.05, 3.63) is 29.8 Å². The Balaban J connectivity index is 3.03. The highest BCUT2D eigenvalue weighted by molar-refractivity contribution is 8.13. The molecule has 0 unspecified atom stereocenters. The summed E-state index contributed by atoms with van der Waals surface area (Å²) >= 11 is 1.32. The van der Waals surface area contributed by atoms with Crippen LogP contribution in [-0.4, -0.2) is 17.2 Å². The number of para-hydroxylation sites is 1. The fraction of sp³-hybridized carbons (Fsp3) is 0.250. The minimum atomic E-state index is 0.0607. The number of ketones is 1. The SMILES string of the molecule is CCC(=O)c1ccccc1NC(=NC#N)SC. The van der Waals surface area contributed by atoms with E-state index in [1.807, 2.05) is 25.3 Å². The summed E-state index contributed by atoms with van der Waals surface area (Å²) in [4.78, 5) is 15.3. The third kappa shape index (κ3) is 3.61. The van der Waals surface area contributed by atoms with E-state index < -0.39 is 0 Å². The van der Waals surface area contributed by atoms with E-state index in [9.17, 15) is 4.79 Å². The molecule has 1 rings (SSSR count). The molecule has 5 heteroatoms. The third-order valence-corrected chi connectivity index (χ3v) is 2.72. The molecule has 0 saturated carbocycles.